The Morgan fingerprint density at radius 1 is 1.10 bits per heavy atom. The molecule has 2 aliphatic heterocycles. The number of benzene rings is 2. The fourth-order valence-electron chi connectivity index (χ4n) is 4.16. The second-order valence-electron chi connectivity index (χ2n) is 7.97. The minimum Gasteiger partial charge on any atom is -0.486 e. The maximum absolute atomic E-state index is 12.9. The summed E-state index contributed by atoms with van der Waals surface area (Å²) in [6.07, 6.45) is 2.18. The van der Waals surface area contributed by atoms with Crippen LogP contribution in [0.25, 0.3) is 0 Å². The highest BCUT2D eigenvalue weighted by Gasteiger charge is 2.30. The summed E-state index contributed by atoms with van der Waals surface area (Å²) in [4.78, 5) is 28.7. The Kier molecular flexibility index (Phi) is 6.60. The summed E-state index contributed by atoms with van der Waals surface area (Å²) in [6, 6.07) is 15.6. The largest absolute Gasteiger partial charge is 0.486 e. The molecule has 0 saturated carbocycles. The topological polar surface area (TPSA) is 71.1 Å². The maximum Gasteiger partial charge on any atom is 0.317 e. The van der Waals surface area contributed by atoms with Gasteiger partial charge in [0.15, 0.2) is 11.5 Å². The van der Waals surface area contributed by atoms with Crippen molar-refractivity contribution in [2.45, 2.75) is 31.8 Å². The predicted molar refractivity (Wildman–Crippen MR) is 117 cm³/mol. The lowest BCUT2D eigenvalue weighted by Crippen LogP contribution is -2.39. The molecular formula is C24H29N3O4. The van der Waals surface area contributed by atoms with E-state index in [1.54, 1.807) is 11.9 Å². The molecule has 1 saturated heterocycles. The van der Waals surface area contributed by atoms with E-state index >= 15 is 0 Å². The molecule has 0 aromatic heterocycles. The van der Waals surface area contributed by atoms with Crippen molar-refractivity contribution in [3.8, 4) is 11.5 Å². The minimum absolute atomic E-state index is 0.0415. The molecule has 0 spiro atoms. The van der Waals surface area contributed by atoms with Gasteiger partial charge in [0.25, 0.3) is 0 Å². The third kappa shape index (κ3) is 5.10. The zero-order chi connectivity index (χ0) is 21.6. The third-order valence-electron chi connectivity index (χ3n) is 5.75. The molecule has 0 aliphatic carbocycles. The van der Waals surface area contributed by atoms with Crippen molar-refractivity contribution in [1.82, 2.24) is 15.1 Å². The summed E-state index contributed by atoms with van der Waals surface area (Å²) < 4.78 is 11.3. The van der Waals surface area contributed by atoms with Crippen LogP contribution in [0.2, 0.25) is 0 Å². The molecule has 1 N–H and O–H groups in total. The molecule has 2 heterocycles. The first-order valence-electron chi connectivity index (χ1n) is 10.8. The van der Waals surface area contributed by atoms with Crippen molar-refractivity contribution >= 4 is 11.9 Å². The van der Waals surface area contributed by atoms with Gasteiger partial charge >= 0.3 is 6.03 Å². The molecule has 31 heavy (non-hydrogen) atoms. The van der Waals surface area contributed by atoms with Crippen LogP contribution < -0.4 is 14.8 Å². The lowest BCUT2D eigenvalue weighted by Gasteiger charge is -2.27. The number of carbonyl (C=O) groups excluding carboxylic acids is 2. The molecule has 0 bridgehead atoms. The molecule has 1 unspecified atom stereocenters. The van der Waals surface area contributed by atoms with Gasteiger partial charge in [0.1, 0.15) is 13.2 Å². The fraction of sp³-hybridized carbons (Fsp3) is 0.417. The Labute approximate surface area is 182 Å². The van der Waals surface area contributed by atoms with E-state index in [1.807, 2.05) is 53.4 Å². The summed E-state index contributed by atoms with van der Waals surface area (Å²) in [7, 11) is 1.75. The van der Waals surface area contributed by atoms with E-state index < -0.39 is 0 Å². The van der Waals surface area contributed by atoms with Gasteiger partial charge in [0.2, 0.25) is 5.91 Å². The molecule has 3 amide bonds. The van der Waals surface area contributed by atoms with E-state index in [0.717, 1.165) is 42.0 Å². The van der Waals surface area contributed by atoms with E-state index in [0.29, 0.717) is 26.3 Å². The van der Waals surface area contributed by atoms with Crippen LogP contribution in [-0.2, 0) is 11.3 Å². The van der Waals surface area contributed by atoms with Crippen molar-refractivity contribution in [2.24, 2.45) is 0 Å². The quantitative estimate of drug-likeness (QED) is 0.774. The van der Waals surface area contributed by atoms with Crippen LogP contribution in [0.1, 0.15) is 36.4 Å². The summed E-state index contributed by atoms with van der Waals surface area (Å²) in [5.41, 5.74) is 2.14. The molecule has 7 heteroatoms. The van der Waals surface area contributed by atoms with Crippen molar-refractivity contribution in [2.75, 3.05) is 33.4 Å². The number of carbonyl (C=O) groups is 2. The van der Waals surface area contributed by atoms with Crippen LogP contribution >= 0.6 is 0 Å². The lowest BCUT2D eigenvalue weighted by molar-refractivity contribution is -0.132. The van der Waals surface area contributed by atoms with E-state index in [1.165, 1.54) is 0 Å². The van der Waals surface area contributed by atoms with E-state index in [9.17, 15) is 9.59 Å². The number of urea groups is 1. The predicted octanol–water partition coefficient (Wildman–Crippen LogP) is 3.35. The fourth-order valence-corrected chi connectivity index (χ4v) is 4.16. The molecular weight excluding hydrogens is 394 g/mol. The first-order valence-corrected chi connectivity index (χ1v) is 10.8. The molecule has 0 radical (unpaired) electrons. The normalized spacial score (nSPS) is 17.3. The van der Waals surface area contributed by atoms with Crippen LogP contribution in [0.15, 0.2) is 48.5 Å². The Bertz CT molecular complexity index is 918. The Morgan fingerprint density at radius 3 is 2.68 bits per heavy atom. The highest BCUT2D eigenvalue weighted by molar-refractivity contribution is 5.79. The first-order chi connectivity index (χ1) is 15.1. The second-order valence-corrected chi connectivity index (χ2v) is 7.97. The van der Waals surface area contributed by atoms with Crippen LogP contribution in [0.3, 0.4) is 0 Å². The summed E-state index contributed by atoms with van der Waals surface area (Å²) in [5, 5.41) is 2.86. The van der Waals surface area contributed by atoms with Gasteiger partial charge in [-0.3, -0.25) is 4.79 Å². The van der Waals surface area contributed by atoms with Crippen molar-refractivity contribution in [3.63, 3.8) is 0 Å². The number of fused-ring (bicyclic) bond motifs is 1. The molecule has 2 aliphatic rings. The number of rotatable bonds is 6. The van der Waals surface area contributed by atoms with Gasteiger partial charge in [-0.2, -0.15) is 0 Å². The number of hydrogen-bond donors (Lipinski definition) is 1. The monoisotopic (exact) mass is 423 g/mol. The number of amides is 3. The van der Waals surface area contributed by atoms with E-state index in [-0.39, 0.29) is 24.4 Å². The molecule has 2 aromatic rings. The van der Waals surface area contributed by atoms with Crippen molar-refractivity contribution in [1.29, 1.82) is 0 Å². The van der Waals surface area contributed by atoms with Gasteiger partial charge in [-0.15, -0.1) is 0 Å². The summed E-state index contributed by atoms with van der Waals surface area (Å²) in [6.45, 7) is 2.69. The van der Waals surface area contributed by atoms with Gasteiger partial charge in [0, 0.05) is 33.1 Å². The zero-order valence-electron chi connectivity index (χ0n) is 17.9. The molecule has 7 nitrogen and oxygen atoms in total. The summed E-state index contributed by atoms with van der Waals surface area (Å²) in [5.74, 6) is 1.56. The molecule has 1 atom stereocenters. The number of likely N-dealkylation sites (tertiary alicyclic amines) is 1. The molecule has 164 valence electrons. The van der Waals surface area contributed by atoms with Crippen molar-refractivity contribution in [3.05, 3.63) is 59.7 Å². The van der Waals surface area contributed by atoms with E-state index in [2.05, 4.69) is 5.32 Å². The first kappa shape index (κ1) is 21.0. The SMILES string of the molecule is CN(Cc1ccccc1)C(=O)NCCC(=O)N1CCCC1c1ccc2c(c1)OCCO2. The number of nitrogens with one attached hydrogen (secondary N) is 1. The highest BCUT2D eigenvalue weighted by atomic mass is 16.6. The Balaban J connectivity index is 1.28. The number of ether oxygens (including phenoxy) is 2. The standard InChI is InChI=1S/C24H29N3O4/c1-26(17-18-6-3-2-4-7-18)24(29)25-12-11-23(28)27-13-5-8-20(27)19-9-10-21-22(16-19)31-15-14-30-21/h2-4,6-7,9-10,16,20H,5,8,11-15,17H2,1H3,(H,25,29). The summed E-state index contributed by atoms with van der Waals surface area (Å²) >= 11 is 0. The van der Waals surface area contributed by atoms with Crippen LogP contribution in [-0.4, -0.2) is 55.1 Å². The Morgan fingerprint density at radius 2 is 1.87 bits per heavy atom. The molecule has 1 fully saturated rings. The van der Waals surface area contributed by atoms with Gasteiger partial charge in [-0.05, 0) is 36.1 Å². The Hall–Kier alpha value is -3.22. The van der Waals surface area contributed by atoms with Crippen molar-refractivity contribution < 1.29 is 19.1 Å². The van der Waals surface area contributed by atoms with Gasteiger partial charge in [0.05, 0.1) is 6.04 Å². The third-order valence-corrected chi connectivity index (χ3v) is 5.75. The zero-order valence-corrected chi connectivity index (χ0v) is 17.9. The van der Waals surface area contributed by atoms with Gasteiger partial charge < -0.3 is 24.6 Å². The number of nitrogens with zero attached hydrogens (tertiary/aromatic N) is 2. The van der Waals surface area contributed by atoms with Gasteiger partial charge in [-0.25, -0.2) is 4.79 Å². The smallest absolute Gasteiger partial charge is 0.317 e. The minimum atomic E-state index is -0.179. The average Bonchev–Trinajstić information content (AvgIpc) is 3.29. The van der Waals surface area contributed by atoms with E-state index in [4.69, 9.17) is 9.47 Å². The van der Waals surface area contributed by atoms with Gasteiger partial charge in [-0.1, -0.05) is 36.4 Å². The van der Waals surface area contributed by atoms with Crippen LogP contribution in [0, 0.1) is 0 Å². The highest BCUT2D eigenvalue weighted by Crippen LogP contribution is 2.38. The molecule has 4 rings (SSSR count). The second kappa shape index (κ2) is 9.73. The lowest BCUT2D eigenvalue weighted by atomic mass is 10.0. The number of hydrogen-bond acceptors (Lipinski definition) is 4. The van der Waals surface area contributed by atoms with Crippen LogP contribution in [0.5, 0.6) is 11.5 Å². The maximum atomic E-state index is 12.9. The average molecular weight is 424 g/mol. The molecule has 2 aromatic carbocycles. The van der Waals surface area contributed by atoms with Crippen LogP contribution in [0.4, 0.5) is 4.79 Å².